The molecule has 1 heterocycles. The maximum absolute atomic E-state index is 5.90. The molecule has 3 rings (SSSR count). The molecule has 1 aliphatic rings. The maximum Gasteiger partial charge on any atom is 0.107 e. The van der Waals surface area contributed by atoms with Crippen LogP contribution in [0.15, 0.2) is 28.7 Å². The van der Waals surface area contributed by atoms with Crippen LogP contribution >= 0.6 is 27.5 Å². The Hall–Kier alpha value is -0.800. The van der Waals surface area contributed by atoms with E-state index in [0.29, 0.717) is 5.92 Å². The molecule has 1 aromatic heterocycles. The highest BCUT2D eigenvalue weighted by Crippen LogP contribution is 2.45. The first-order valence-corrected chi connectivity index (χ1v) is 6.82. The van der Waals surface area contributed by atoms with E-state index in [0.717, 1.165) is 20.8 Å². The Balaban J connectivity index is 2.08. The van der Waals surface area contributed by atoms with Gasteiger partial charge in [0.05, 0.1) is 10.2 Å². The minimum absolute atomic E-state index is 0.683. The van der Waals surface area contributed by atoms with Crippen LogP contribution in [0.2, 0.25) is 5.02 Å². The normalized spacial score (nSPS) is 15.2. The first-order valence-electron chi connectivity index (χ1n) is 5.65. The lowest BCUT2D eigenvalue weighted by Crippen LogP contribution is -1.96. The zero-order chi connectivity index (χ0) is 12.0. The molecule has 4 heteroatoms. The molecule has 0 saturated heterocycles. The van der Waals surface area contributed by atoms with Gasteiger partial charge in [0.15, 0.2) is 0 Å². The number of hydrogen-bond donors (Lipinski definition) is 0. The molecular formula is C13H12BrClN2. The van der Waals surface area contributed by atoms with E-state index in [1.807, 2.05) is 36.0 Å². The number of aryl methyl sites for hydroxylation is 1. The summed E-state index contributed by atoms with van der Waals surface area (Å²) >= 11 is 9.58. The van der Waals surface area contributed by atoms with Crippen LogP contribution in [-0.4, -0.2) is 9.78 Å². The van der Waals surface area contributed by atoms with Gasteiger partial charge >= 0.3 is 0 Å². The van der Waals surface area contributed by atoms with Gasteiger partial charge in [-0.2, -0.15) is 5.10 Å². The molecule has 17 heavy (non-hydrogen) atoms. The summed E-state index contributed by atoms with van der Waals surface area (Å²) in [6, 6.07) is 7.81. The second kappa shape index (κ2) is 4.14. The third kappa shape index (κ3) is 2.02. The van der Waals surface area contributed by atoms with E-state index in [1.165, 1.54) is 18.5 Å². The fourth-order valence-corrected chi connectivity index (χ4v) is 3.12. The largest absolute Gasteiger partial charge is 0.271 e. The molecule has 0 atom stereocenters. The number of benzene rings is 1. The Morgan fingerprint density at radius 3 is 2.53 bits per heavy atom. The lowest BCUT2D eigenvalue weighted by Gasteiger charge is -1.99. The van der Waals surface area contributed by atoms with Crippen molar-refractivity contribution < 1.29 is 0 Å². The van der Waals surface area contributed by atoms with Crippen LogP contribution in [0, 0.1) is 0 Å². The van der Waals surface area contributed by atoms with Gasteiger partial charge < -0.3 is 0 Å². The van der Waals surface area contributed by atoms with Crippen molar-refractivity contribution in [3.8, 4) is 11.3 Å². The van der Waals surface area contributed by atoms with E-state index in [1.54, 1.807) is 0 Å². The van der Waals surface area contributed by atoms with Gasteiger partial charge in [0.25, 0.3) is 0 Å². The predicted octanol–water partition coefficient (Wildman–Crippen LogP) is 4.38. The molecule has 1 fully saturated rings. The van der Waals surface area contributed by atoms with E-state index in [4.69, 9.17) is 11.6 Å². The number of halogens is 2. The Bertz CT molecular complexity index is 556. The number of aromatic nitrogens is 2. The molecule has 0 radical (unpaired) electrons. The van der Waals surface area contributed by atoms with Crippen molar-refractivity contribution in [1.82, 2.24) is 9.78 Å². The molecule has 0 unspecified atom stereocenters. The van der Waals surface area contributed by atoms with E-state index in [-0.39, 0.29) is 0 Å². The smallest absolute Gasteiger partial charge is 0.107 e. The highest BCUT2D eigenvalue weighted by atomic mass is 79.9. The quantitative estimate of drug-likeness (QED) is 0.805. The Kier molecular flexibility index (Phi) is 2.75. The molecule has 1 aromatic carbocycles. The van der Waals surface area contributed by atoms with Crippen molar-refractivity contribution in [2.75, 3.05) is 0 Å². The van der Waals surface area contributed by atoms with E-state index in [2.05, 4.69) is 21.0 Å². The van der Waals surface area contributed by atoms with Gasteiger partial charge in [-0.25, -0.2) is 0 Å². The summed E-state index contributed by atoms with van der Waals surface area (Å²) in [6.07, 6.45) is 2.55. The molecule has 2 aromatic rings. The minimum atomic E-state index is 0.683. The zero-order valence-electron chi connectivity index (χ0n) is 9.45. The molecule has 0 spiro atoms. The average molecular weight is 312 g/mol. The molecule has 2 nitrogen and oxygen atoms in total. The highest BCUT2D eigenvalue weighted by Gasteiger charge is 2.30. The first kappa shape index (κ1) is 11.3. The van der Waals surface area contributed by atoms with E-state index < -0.39 is 0 Å². The molecule has 88 valence electrons. The molecule has 0 bridgehead atoms. The van der Waals surface area contributed by atoms with Crippen LogP contribution in [0.1, 0.15) is 24.5 Å². The third-order valence-corrected chi connectivity index (χ3v) is 4.15. The van der Waals surface area contributed by atoms with Crippen molar-refractivity contribution in [2.24, 2.45) is 7.05 Å². The molecule has 0 N–H and O–H groups in total. The van der Waals surface area contributed by atoms with Crippen molar-refractivity contribution >= 4 is 27.5 Å². The van der Waals surface area contributed by atoms with Gasteiger partial charge in [-0.15, -0.1) is 0 Å². The van der Waals surface area contributed by atoms with Crippen molar-refractivity contribution in [2.45, 2.75) is 18.8 Å². The van der Waals surface area contributed by atoms with Gasteiger partial charge in [0, 0.05) is 23.6 Å². The van der Waals surface area contributed by atoms with Gasteiger partial charge in [-0.1, -0.05) is 23.7 Å². The predicted molar refractivity (Wildman–Crippen MR) is 73.3 cm³/mol. The summed E-state index contributed by atoms with van der Waals surface area (Å²) in [5, 5.41) is 5.35. The zero-order valence-corrected chi connectivity index (χ0v) is 11.8. The third-order valence-electron chi connectivity index (χ3n) is 3.11. The van der Waals surface area contributed by atoms with Crippen LogP contribution in [-0.2, 0) is 7.05 Å². The summed E-state index contributed by atoms with van der Waals surface area (Å²) in [7, 11) is 2.01. The van der Waals surface area contributed by atoms with Crippen LogP contribution in [0.5, 0.6) is 0 Å². The summed E-state index contributed by atoms with van der Waals surface area (Å²) < 4.78 is 3.12. The maximum atomic E-state index is 5.90. The Morgan fingerprint density at radius 2 is 1.94 bits per heavy atom. The summed E-state index contributed by atoms with van der Waals surface area (Å²) in [5.41, 5.74) is 3.42. The van der Waals surface area contributed by atoms with Crippen LogP contribution in [0.4, 0.5) is 0 Å². The molecule has 1 saturated carbocycles. The van der Waals surface area contributed by atoms with Crippen LogP contribution in [0.25, 0.3) is 11.3 Å². The van der Waals surface area contributed by atoms with Crippen molar-refractivity contribution in [3.05, 3.63) is 39.5 Å². The summed E-state index contributed by atoms with van der Waals surface area (Å²) in [5.74, 6) is 0.683. The Morgan fingerprint density at radius 1 is 1.29 bits per heavy atom. The summed E-state index contributed by atoms with van der Waals surface area (Å²) in [4.78, 5) is 0. The molecular weight excluding hydrogens is 300 g/mol. The number of nitrogens with zero attached hydrogens (tertiary/aromatic N) is 2. The highest BCUT2D eigenvalue weighted by molar-refractivity contribution is 9.10. The van der Waals surface area contributed by atoms with Gasteiger partial charge in [-0.3, -0.25) is 4.68 Å². The second-order valence-corrected chi connectivity index (χ2v) is 5.68. The lowest BCUT2D eigenvalue weighted by atomic mass is 10.1. The van der Waals surface area contributed by atoms with Gasteiger partial charge in [0.2, 0.25) is 0 Å². The van der Waals surface area contributed by atoms with Gasteiger partial charge in [0.1, 0.15) is 5.69 Å². The van der Waals surface area contributed by atoms with Gasteiger partial charge in [-0.05, 0) is 40.9 Å². The fraction of sp³-hybridized carbons (Fsp3) is 0.308. The topological polar surface area (TPSA) is 17.8 Å². The molecule has 0 aliphatic heterocycles. The molecule has 0 amide bonds. The van der Waals surface area contributed by atoms with Crippen LogP contribution in [0.3, 0.4) is 0 Å². The van der Waals surface area contributed by atoms with Crippen molar-refractivity contribution in [1.29, 1.82) is 0 Å². The van der Waals surface area contributed by atoms with Crippen molar-refractivity contribution in [3.63, 3.8) is 0 Å². The molecule has 1 aliphatic carbocycles. The second-order valence-electron chi connectivity index (χ2n) is 4.45. The van der Waals surface area contributed by atoms with E-state index >= 15 is 0 Å². The average Bonchev–Trinajstić information content (AvgIpc) is 3.08. The fourth-order valence-electron chi connectivity index (χ4n) is 2.10. The SMILES string of the molecule is Cn1nc(-c2ccc(Cl)cc2)c(Br)c1C1CC1. The Labute approximate surface area is 114 Å². The lowest BCUT2D eigenvalue weighted by molar-refractivity contribution is 0.714. The van der Waals surface area contributed by atoms with Crippen LogP contribution < -0.4 is 0 Å². The number of hydrogen-bond acceptors (Lipinski definition) is 1. The number of rotatable bonds is 2. The monoisotopic (exact) mass is 310 g/mol. The minimum Gasteiger partial charge on any atom is -0.271 e. The first-order chi connectivity index (χ1) is 8.16. The standard InChI is InChI=1S/C13H12BrClN2/c1-17-13(9-2-3-9)11(14)12(16-17)8-4-6-10(15)7-5-8/h4-7,9H,2-3H2,1H3. The summed E-state index contributed by atoms with van der Waals surface area (Å²) in [6.45, 7) is 0. The van der Waals surface area contributed by atoms with E-state index in [9.17, 15) is 0 Å².